The van der Waals surface area contributed by atoms with Crippen molar-refractivity contribution in [2.45, 2.75) is 43.7 Å². The zero-order chi connectivity index (χ0) is 20.6. The van der Waals surface area contributed by atoms with E-state index < -0.39 is 10.0 Å². The van der Waals surface area contributed by atoms with Crippen LogP contribution in [0.25, 0.3) is 11.4 Å². The highest BCUT2D eigenvalue weighted by atomic mass is 32.2. The maximum absolute atomic E-state index is 13.2. The number of hydrogen-bond donors (Lipinski definition) is 0. The van der Waals surface area contributed by atoms with Gasteiger partial charge in [-0.25, -0.2) is 8.42 Å². The molecule has 2 aliphatic rings. The van der Waals surface area contributed by atoms with Gasteiger partial charge in [0.15, 0.2) is 0 Å². The SMILES string of the molecule is Cc1nc(-c2csc(S(=O)(=O)N3CCC[C@@H](C(=O)N4CCC(C)CC4)C3)c2)no1. The van der Waals surface area contributed by atoms with Crippen LogP contribution in [0.2, 0.25) is 0 Å². The fourth-order valence-electron chi connectivity index (χ4n) is 3.96. The number of rotatable bonds is 4. The van der Waals surface area contributed by atoms with Gasteiger partial charge in [-0.1, -0.05) is 12.1 Å². The van der Waals surface area contributed by atoms with Gasteiger partial charge in [0.05, 0.1) is 5.92 Å². The van der Waals surface area contributed by atoms with Crippen molar-refractivity contribution in [1.29, 1.82) is 0 Å². The number of aromatic nitrogens is 2. The average Bonchev–Trinajstić information content (AvgIpc) is 3.37. The molecule has 2 aromatic rings. The van der Waals surface area contributed by atoms with Crippen molar-refractivity contribution in [3.05, 3.63) is 17.3 Å². The summed E-state index contributed by atoms with van der Waals surface area (Å²) in [6.45, 7) is 6.15. The van der Waals surface area contributed by atoms with E-state index in [4.69, 9.17) is 4.52 Å². The maximum Gasteiger partial charge on any atom is 0.252 e. The number of thiophene rings is 1. The Morgan fingerprint density at radius 1 is 1.24 bits per heavy atom. The Morgan fingerprint density at radius 3 is 2.69 bits per heavy atom. The first-order valence-electron chi connectivity index (χ1n) is 10.0. The Balaban J connectivity index is 1.47. The van der Waals surface area contributed by atoms with Crippen molar-refractivity contribution in [3.63, 3.8) is 0 Å². The van der Waals surface area contributed by atoms with Crippen LogP contribution in [-0.2, 0) is 14.8 Å². The number of carbonyl (C=O) groups is 1. The number of nitrogens with zero attached hydrogens (tertiary/aromatic N) is 4. The predicted molar refractivity (Wildman–Crippen MR) is 109 cm³/mol. The average molecular weight is 439 g/mol. The van der Waals surface area contributed by atoms with E-state index in [9.17, 15) is 13.2 Å². The molecule has 4 heterocycles. The number of piperidine rings is 2. The number of aryl methyl sites for hydroxylation is 1. The van der Waals surface area contributed by atoms with Crippen molar-refractivity contribution in [2.24, 2.45) is 11.8 Å². The van der Waals surface area contributed by atoms with Crippen molar-refractivity contribution in [1.82, 2.24) is 19.3 Å². The molecule has 0 N–H and O–H groups in total. The molecule has 2 saturated heterocycles. The quantitative estimate of drug-likeness (QED) is 0.728. The van der Waals surface area contributed by atoms with Gasteiger partial charge >= 0.3 is 0 Å². The van der Waals surface area contributed by atoms with E-state index in [0.29, 0.717) is 36.2 Å². The van der Waals surface area contributed by atoms with E-state index >= 15 is 0 Å². The smallest absolute Gasteiger partial charge is 0.252 e. The topological polar surface area (TPSA) is 96.6 Å². The third kappa shape index (κ3) is 4.24. The summed E-state index contributed by atoms with van der Waals surface area (Å²) in [5.41, 5.74) is 0.623. The molecular formula is C19H26N4O4S2. The normalized spacial score (nSPS) is 22.1. The lowest BCUT2D eigenvalue weighted by Gasteiger charge is -2.36. The van der Waals surface area contributed by atoms with E-state index in [2.05, 4.69) is 17.1 Å². The summed E-state index contributed by atoms with van der Waals surface area (Å²) < 4.78 is 33.0. The zero-order valence-corrected chi connectivity index (χ0v) is 18.3. The van der Waals surface area contributed by atoms with Crippen molar-refractivity contribution in [2.75, 3.05) is 26.2 Å². The molecule has 29 heavy (non-hydrogen) atoms. The van der Waals surface area contributed by atoms with Crippen LogP contribution in [0.3, 0.4) is 0 Å². The summed E-state index contributed by atoms with van der Waals surface area (Å²) in [5.74, 6) is 1.31. The second kappa shape index (κ2) is 8.16. The number of sulfonamides is 1. The minimum absolute atomic E-state index is 0.103. The molecule has 0 aliphatic carbocycles. The van der Waals surface area contributed by atoms with Crippen molar-refractivity contribution < 1.29 is 17.7 Å². The van der Waals surface area contributed by atoms with Crippen LogP contribution in [0, 0.1) is 18.8 Å². The van der Waals surface area contributed by atoms with Gasteiger partial charge in [0.25, 0.3) is 10.0 Å². The first kappa shape index (κ1) is 20.5. The molecular weight excluding hydrogens is 412 g/mol. The lowest BCUT2D eigenvalue weighted by atomic mass is 9.94. The highest BCUT2D eigenvalue weighted by Crippen LogP contribution is 2.32. The van der Waals surface area contributed by atoms with Crippen LogP contribution in [0.1, 0.15) is 38.5 Å². The van der Waals surface area contributed by atoms with Crippen molar-refractivity contribution >= 4 is 27.3 Å². The Morgan fingerprint density at radius 2 is 2.00 bits per heavy atom. The van der Waals surface area contributed by atoms with E-state index in [1.165, 1.54) is 4.31 Å². The lowest BCUT2D eigenvalue weighted by molar-refractivity contribution is -0.138. The molecule has 0 unspecified atom stereocenters. The molecule has 1 amide bonds. The van der Waals surface area contributed by atoms with E-state index in [-0.39, 0.29) is 22.6 Å². The highest BCUT2D eigenvalue weighted by molar-refractivity contribution is 7.91. The minimum Gasteiger partial charge on any atom is -0.342 e. The molecule has 2 fully saturated rings. The lowest BCUT2D eigenvalue weighted by Crippen LogP contribution is -2.48. The predicted octanol–water partition coefficient (Wildman–Crippen LogP) is 2.77. The number of carbonyl (C=O) groups excluding carboxylic acids is 1. The van der Waals surface area contributed by atoms with Crippen LogP contribution in [0.15, 0.2) is 20.2 Å². The molecule has 0 aromatic carbocycles. The summed E-state index contributed by atoms with van der Waals surface area (Å²) in [6.07, 6.45) is 3.49. The summed E-state index contributed by atoms with van der Waals surface area (Å²) in [5, 5.41) is 5.57. The summed E-state index contributed by atoms with van der Waals surface area (Å²) >= 11 is 1.15. The van der Waals surface area contributed by atoms with Crippen molar-refractivity contribution in [3.8, 4) is 11.4 Å². The fourth-order valence-corrected chi connectivity index (χ4v) is 6.80. The molecule has 8 nitrogen and oxygen atoms in total. The van der Waals surface area contributed by atoms with Gasteiger partial charge in [0.1, 0.15) is 4.21 Å². The molecule has 0 radical (unpaired) electrons. The van der Waals surface area contributed by atoms with Gasteiger partial charge in [-0.3, -0.25) is 4.79 Å². The zero-order valence-electron chi connectivity index (χ0n) is 16.7. The minimum atomic E-state index is -3.65. The molecule has 1 atom stereocenters. The van der Waals surface area contributed by atoms with Gasteiger partial charge in [0, 0.05) is 44.0 Å². The van der Waals surface area contributed by atoms with Crippen LogP contribution in [-0.4, -0.2) is 59.8 Å². The summed E-state index contributed by atoms with van der Waals surface area (Å²) in [6, 6.07) is 1.59. The fraction of sp³-hybridized carbons (Fsp3) is 0.632. The van der Waals surface area contributed by atoms with E-state index in [0.717, 1.165) is 43.7 Å². The standard InChI is InChI=1S/C19H26N4O4S2/c1-13-5-8-22(9-6-13)19(24)15-4-3-7-23(11-15)29(25,26)17-10-16(12-28-17)18-20-14(2)27-21-18/h10,12-13,15H,3-9,11H2,1-2H3/t15-/m1/s1. The van der Waals surface area contributed by atoms with Gasteiger partial charge in [-0.15, -0.1) is 11.3 Å². The van der Waals surface area contributed by atoms with Crippen LogP contribution in [0.5, 0.6) is 0 Å². The molecule has 0 saturated carbocycles. The second-order valence-electron chi connectivity index (χ2n) is 8.00. The monoisotopic (exact) mass is 438 g/mol. The summed E-state index contributed by atoms with van der Waals surface area (Å²) in [4.78, 5) is 19.0. The molecule has 4 rings (SSSR count). The Kier molecular flexibility index (Phi) is 5.76. The molecule has 158 valence electrons. The highest BCUT2D eigenvalue weighted by Gasteiger charge is 2.36. The largest absolute Gasteiger partial charge is 0.342 e. The molecule has 2 aliphatic heterocycles. The van der Waals surface area contributed by atoms with E-state index in [1.54, 1.807) is 18.4 Å². The third-order valence-electron chi connectivity index (χ3n) is 5.78. The number of hydrogen-bond acceptors (Lipinski definition) is 7. The van der Waals surface area contributed by atoms with Gasteiger partial charge in [-0.05, 0) is 37.7 Å². The third-order valence-corrected chi connectivity index (χ3v) is 9.06. The van der Waals surface area contributed by atoms with Gasteiger partial charge < -0.3 is 9.42 Å². The molecule has 0 bridgehead atoms. The van der Waals surface area contributed by atoms with Gasteiger partial charge in [0.2, 0.25) is 17.6 Å². The maximum atomic E-state index is 13.2. The van der Waals surface area contributed by atoms with E-state index in [1.807, 2.05) is 4.90 Å². The first-order chi connectivity index (χ1) is 13.8. The first-order valence-corrected chi connectivity index (χ1v) is 12.3. The number of amides is 1. The van der Waals surface area contributed by atoms with Crippen LogP contribution in [0.4, 0.5) is 0 Å². The molecule has 2 aromatic heterocycles. The van der Waals surface area contributed by atoms with Crippen LogP contribution < -0.4 is 0 Å². The molecule has 10 heteroatoms. The Labute approximate surface area is 174 Å². The molecule has 0 spiro atoms. The van der Waals surface area contributed by atoms with Gasteiger partial charge in [-0.2, -0.15) is 9.29 Å². The second-order valence-corrected chi connectivity index (χ2v) is 11.1. The number of likely N-dealkylation sites (tertiary alicyclic amines) is 1. The Hall–Kier alpha value is -1.78. The summed E-state index contributed by atoms with van der Waals surface area (Å²) in [7, 11) is -3.65. The van der Waals surface area contributed by atoms with Crippen LogP contribution >= 0.6 is 11.3 Å². The Bertz CT molecular complexity index is 976.